The molecule has 2 rings (SSSR count). The summed E-state index contributed by atoms with van der Waals surface area (Å²) >= 11 is 2.33. The third-order valence-electron chi connectivity index (χ3n) is 3.38. The van der Waals surface area contributed by atoms with E-state index in [9.17, 15) is 0 Å². The van der Waals surface area contributed by atoms with Gasteiger partial charge in [-0.05, 0) is 55.5 Å². The molecule has 2 heterocycles. The van der Waals surface area contributed by atoms with Crippen molar-refractivity contribution in [3.8, 4) is 0 Å². The molecule has 0 aromatic carbocycles. The van der Waals surface area contributed by atoms with Crippen LogP contribution in [0.3, 0.4) is 0 Å². The minimum absolute atomic E-state index is 0.656. The van der Waals surface area contributed by atoms with E-state index >= 15 is 0 Å². The van der Waals surface area contributed by atoms with Crippen molar-refractivity contribution in [3.63, 3.8) is 0 Å². The molecule has 1 aliphatic heterocycles. The summed E-state index contributed by atoms with van der Waals surface area (Å²) in [6.45, 7) is 11.1. The van der Waals surface area contributed by atoms with Crippen LogP contribution in [0.1, 0.15) is 19.5 Å². The van der Waals surface area contributed by atoms with Crippen molar-refractivity contribution in [2.24, 2.45) is 0 Å². The lowest BCUT2D eigenvalue weighted by molar-refractivity contribution is 0.209. The van der Waals surface area contributed by atoms with Crippen LogP contribution in [0.15, 0.2) is 12.1 Å². The monoisotopic (exact) mass is 345 g/mol. The lowest BCUT2D eigenvalue weighted by atomic mass is 10.2. The van der Waals surface area contributed by atoms with E-state index in [1.54, 1.807) is 0 Å². The van der Waals surface area contributed by atoms with Gasteiger partial charge < -0.3 is 4.90 Å². The number of anilines is 1. The second-order valence-electron chi connectivity index (χ2n) is 4.85. The van der Waals surface area contributed by atoms with E-state index in [1.807, 2.05) is 0 Å². The van der Waals surface area contributed by atoms with Gasteiger partial charge in [-0.1, -0.05) is 0 Å². The molecular formula is C13H20IN3. The van der Waals surface area contributed by atoms with Crippen molar-refractivity contribution in [2.45, 2.75) is 26.8 Å². The van der Waals surface area contributed by atoms with Gasteiger partial charge in [0.15, 0.2) is 0 Å². The summed E-state index contributed by atoms with van der Waals surface area (Å²) in [4.78, 5) is 9.58. The Hall–Kier alpha value is -0.360. The number of aromatic nitrogens is 1. The van der Waals surface area contributed by atoms with Gasteiger partial charge in [-0.3, -0.25) is 4.90 Å². The van der Waals surface area contributed by atoms with E-state index in [0.29, 0.717) is 6.04 Å². The number of hydrogen-bond donors (Lipinski definition) is 0. The molecule has 0 atom stereocenters. The largest absolute Gasteiger partial charge is 0.354 e. The van der Waals surface area contributed by atoms with Crippen molar-refractivity contribution in [1.29, 1.82) is 0 Å². The average Bonchev–Trinajstić information content (AvgIpc) is 2.33. The maximum Gasteiger partial charge on any atom is 0.128 e. The Labute approximate surface area is 117 Å². The normalized spacial score (nSPS) is 17.8. The molecule has 94 valence electrons. The standard InChI is InChI=1S/C13H20IN3/c1-10(2)16-6-8-17(9-7-16)13-5-4-12(14)11(3)15-13/h4-5,10H,6-9H2,1-3H3. The van der Waals surface area contributed by atoms with E-state index in [0.717, 1.165) is 37.7 Å². The minimum Gasteiger partial charge on any atom is -0.354 e. The first-order valence-corrected chi connectivity index (χ1v) is 7.28. The van der Waals surface area contributed by atoms with Gasteiger partial charge in [0, 0.05) is 35.8 Å². The van der Waals surface area contributed by atoms with Gasteiger partial charge in [-0.2, -0.15) is 0 Å². The molecule has 17 heavy (non-hydrogen) atoms. The molecular weight excluding hydrogens is 325 g/mol. The van der Waals surface area contributed by atoms with Crippen LogP contribution < -0.4 is 4.90 Å². The first kappa shape index (κ1) is 13.1. The average molecular weight is 345 g/mol. The van der Waals surface area contributed by atoms with Gasteiger partial charge in [0.1, 0.15) is 5.82 Å². The molecule has 1 aromatic rings. The van der Waals surface area contributed by atoms with Gasteiger partial charge in [-0.25, -0.2) is 4.98 Å². The van der Waals surface area contributed by atoms with Crippen molar-refractivity contribution in [3.05, 3.63) is 21.4 Å². The molecule has 1 aromatic heterocycles. The fourth-order valence-electron chi connectivity index (χ4n) is 2.17. The predicted molar refractivity (Wildman–Crippen MR) is 80.6 cm³/mol. The Kier molecular flexibility index (Phi) is 4.25. The molecule has 0 unspecified atom stereocenters. The summed E-state index contributed by atoms with van der Waals surface area (Å²) < 4.78 is 1.24. The van der Waals surface area contributed by atoms with Crippen molar-refractivity contribution >= 4 is 28.4 Å². The molecule has 0 amide bonds. The summed E-state index contributed by atoms with van der Waals surface area (Å²) in [5.74, 6) is 1.13. The van der Waals surface area contributed by atoms with Crippen LogP contribution in [0, 0.1) is 10.5 Å². The number of rotatable bonds is 2. The third kappa shape index (κ3) is 3.10. The summed E-state index contributed by atoms with van der Waals surface area (Å²) in [5, 5.41) is 0. The first-order chi connectivity index (χ1) is 8.08. The fourth-order valence-corrected chi connectivity index (χ4v) is 2.47. The summed E-state index contributed by atoms with van der Waals surface area (Å²) in [6.07, 6.45) is 0. The number of aryl methyl sites for hydroxylation is 1. The maximum absolute atomic E-state index is 4.67. The lowest BCUT2D eigenvalue weighted by Gasteiger charge is -2.37. The molecule has 1 fully saturated rings. The van der Waals surface area contributed by atoms with Crippen molar-refractivity contribution in [2.75, 3.05) is 31.1 Å². The molecule has 0 aliphatic carbocycles. The quantitative estimate of drug-likeness (QED) is 0.768. The van der Waals surface area contributed by atoms with Gasteiger partial charge in [0.25, 0.3) is 0 Å². The van der Waals surface area contributed by atoms with Gasteiger partial charge in [-0.15, -0.1) is 0 Å². The molecule has 0 bridgehead atoms. The second kappa shape index (κ2) is 5.52. The zero-order valence-electron chi connectivity index (χ0n) is 10.8. The Morgan fingerprint density at radius 3 is 2.35 bits per heavy atom. The maximum atomic E-state index is 4.67. The minimum atomic E-state index is 0.656. The van der Waals surface area contributed by atoms with Crippen LogP contribution in [0.2, 0.25) is 0 Å². The molecule has 0 N–H and O–H groups in total. The highest BCUT2D eigenvalue weighted by Gasteiger charge is 2.19. The van der Waals surface area contributed by atoms with E-state index in [2.05, 4.69) is 70.3 Å². The first-order valence-electron chi connectivity index (χ1n) is 6.20. The van der Waals surface area contributed by atoms with Gasteiger partial charge >= 0.3 is 0 Å². The van der Waals surface area contributed by atoms with E-state index in [4.69, 9.17) is 0 Å². The van der Waals surface area contributed by atoms with Crippen LogP contribution in [-0.4, -0.2) is 42.1 Å². The summed E-state index contributed by atoms with van der Waals surface area (Å²) in [6, 6.07) is 4.95. The summed E-state index contributed by atoms with van der Waals surface area (Å²) in [5.41, 5.74) is 1.13. The molecule has 1 saturated heterocycles. The van der Waals surface area contributed by atoms with Gasteiger partial charge in [0.05, 0.1) is 5.69 Å². The third-order valence-corrected chi connectivity index (χ3v) is 4.52. The lowest BCUT2D eigenvalue weighted by Crippen LogP contribution is -2.49. The van der Waals surface area contributed by atoms with Crippen LogP contribution in [0.25, 0.3) is 0 Å². The van der Waals surface area contributed by atoms with Gasteiger partial charge in [0.2, 0.25) is 0 Å². The summed E-state index contributed by atoms with van der Waals surface area (Å²) in [7, 11) is 0. The Balaban J connectivity index is 2.03. The topological polar surface area (TPSA) is 19.4 Å². The smallest absolute Gasteiger partial charge is 0.128 e. The predicted octanol–water partition coefficient (Wildman–Crippen LogP) is 2.53. The Morgan fingerprint density at radius 2 is 1.82 bits per heavy atom. The molecule has 0 radical (unpaired) electrons. The SMILES string of the molecule is Cc1nc(N2CCN(C(C)C)CC2)ccc1I. The molecule has 4 heteroatoms. The van der Waals surface area contributed by atoms with E-state index in [1.165, 1.54) is 3.57 Å². The Morgan fingerprint density at radius 1 is 1.18 bits per heavy atom. The van der Waals surface area contributed by atoms with Crippen LogP contribution in [-0.2, 0) is 0 Å². The number of piperazine rings is 1. The highest BCUT2D eigenvalue weighted by molar-refractivity contribution is 14.1. The molecule has 3 nitrogen and oxygen atoms in total. The zero-order chi connectivity index (χ0) is 12.4. The Bertz CT molecular complexity index is 384. The van der Waals surface area contributed by atoms with E-state index < -0.39 is 0 Å². The van der Waals surface area contributed by atoms with Crippen molar-refractivity contribution in [1.82, 2.24) is 9.88 Å². The number of pyridine rings is 1. The van der Waals surface area contributed by atoms with Crippen LogP contribution >= 0.6 is 22.6 Å². The highest BCUT2D eigenvalue weighted by Crippen LogP contribution is 2.18. The van der Waals surface area contributed by atoms with E-state index in [-0.39, 0.29) is 0 Å². The molecule has 0 saturated carbocycles. The highest BCUT2D eigenvalue weighted by atomic mass is 127. The zero-order valence-corrected chi connectivity index (χ0v) is 12.9. The van der Waals surface area contributed by atoms with Crippen molar-refractivity contribution < 1.29 is 0 Å². The second-order valence-corrected chi connectivity index (χ2v) is 6.02. The number of hydrogen-bond acceptors (Lipinski definition) is 3. The molecule has 1 aliphatic rings. The number of nitrogens with zero attached hydrogens (tertiary/aromatic N) is 3. The number of halogens is 1. The molecule has 0 spiro atoms. The van der Waals surface area contributed by atoms with Crippen LogP contribution in [0.5, 0.6) is 0 Å². The fraction of sp³-hybridized carbons (Fsp3) is 0.615. The van der Waals surface area contributed by atoms with Crippen LogP contribution in [0.4, 0.5) is 5.82 Å².